The number of amides is 1. The normalized spacial score (nSPS) is 25.2. The first kappa shape index (κ1) is 13.5. The summed E-state index contributed by atoms with van der Waals surface area (Å²) in [5.74, 6) is 0.736. The van der Waals surface area contributed by atoms with E-state index in [4.69, 9.17) is 20.9 Å². The van der Waals surface area contributed by atoms with Crippen LogP contribution in [-0.4, -0.2) is 34.8 Å². The van der Waals surface area contributed by atoms with E-state index in [9.17, 15) is 4.79 Å². The molecule has 2 aliphatic heterocycles. The lowest BCUT2D eigenvalue weighted by Gasteiger charge is -2.34. The van der Waals surface area contributed by atoms with Crippen LogP contribution in [0.15, 0.2) is 15.6 Å². The summed E-state index contributed by atoms with van der Waals surface area (Å²) >= 11 is 6.42. The van der Waals surface area contributed by atoms with E-state index in [-0.39, 0.29) is 18.2 Å². The van der Waals surface area contributed by atoms with Crippen LogP contribution in [0.3, 0.4) is 0 Å². The molecule has 0 N–H and O–H groups in total. The van der Waals surface area contributed by atoms with E-state index >= 15 is 0 Å². The zero-order valence-corrected chi connectivity index (χ0v) is 12.3. The molecule has 1 fully saturated rings. The van der Waals surface area contributed by atoms with E-state index in [1.165, 1.54) is 0 Å². The molecule has 1 amide bonds. The SMILES string of the molecule is CCOC(=O)N1C2CCC1C(c1cc(C)on1)=C(Cl)C2. The fraction of sp³-hybridized carbons (Fsp3) is 0.571. The Hall–Kier alpha value is -1.49. The molecule has 2 atom stereocenters. The second-order valence-electron chi connectivity index (χ2n) is 5.20. The van der Waals surface area contributed by atoms with Crippen molar-refractivity contribution in [2.45, 2.75) is 45.2 Å². The molecule has 6 heteroatoms. The van der Waals surface area contributed by atoms with Crippen LogP contribution in [-0.2, 0) is 4.74 Å². The van der Waals surface area contributed by atoms with Gasteiger partial charge < -0.3 is 9.26 Å². The van der Waals surface area contributed by atoms with Crippen LogP contribution >= 0.6 is 11.6 Å². The minimum atomic E-state index is -0.262. The maximum absolute atomic E-state index is 12.1. The molecule has 0 saturated carbocycles. The highest BCUT2D eigenvalue weighted by Gasteiger charge is 2.45. The molecule has 20 heavy (non-hydrogen) atoms. The molecule has 2 bridgehead atoms. The molecule has 0 aromatic carbocycles. The van der Waals surface area contributed by atoms with E-state index in [0.717, 1.165) is 34.9 Å². The highest BCUT2D eigenvalue weighted by molar-refractivity contribution is 6.33. The first-order valence-electron chi connectivity index (χ1n) is 6.89. The third-order valence-corrected chi connectivity index (χ3v) is 4.28. The van der Waals surface area contributed by atoms with Gasteiger partial charge in [-0.25, -0.2) is 4.79 Å². The smallest absolute Gasteiger partial charge is 0.410 e. The van der Waals surface area contributed by atoms with E-state index in [1.54, 1.807) is 0 Å². The van der Waals surface area contributed by atoms with E-state index < -0.39 is 0 Å². The predicted molar refractivity (Wildman–Crippen MR) is 74.3 cm³/mol. The Kier molecular flexibility index (Phi) is 3.46. The lowest BCUT2D eigenvalue weighted by molar-refractivity contribution is 0.0937. The molecular formula is C14H17ClN2O3. The van der Waals surface area contributed by atoms with Crippen LogP contribution in [0.2, 0.25) is 0 Å². The van der Waals surface area contributed by atoms with Gasteiger partial charge in [0.1, 0.15) is 11.5 Å². The van der Waals surface area contributed by atoms with Crippen molar-refractivity contribution < 1.29 is 14.1 Å². The number of aryl methyl sites for hydroxylation is 1. The standard InChI is InChI=1S/C14H17ClN2O3/c1-3-19-14(18)17-9-4-5-12(17)13(10(15)7-9)11-6-8(2)20-16-11/h6,9,12H,3-5,7H2,1-2H3. The number of carbonyl (C=O) groups is 1. The van der Waals surface area contributed by atoms with Crippen molar-refractivity contribution in [2.24, 2.45) is 0 Å². The molecule has 0 spiro atoms. The van der Waals surface area contributed by atoms with Crippen LogP contribution in [0.4, 0.5) is 4.79 Å². The Labute approximate surface area is 122 Å². The van der Waals surface area contributed by atoms with Crippen molar-refractivity contribution in [2.75, 3.05) is 6.61 Å². The van der Waals surface area contributed by atoms with Crippen LogP contribution < -0.4 is 0 Å². The average Bonchev–Trinajstić information content (AvgIpc) is 2.94. The summed E-state index contributed by atoms with van der Waals surface area (Å²) < 4.78 is 10.3. The number of hydrogen-bond acceptors (Lipinski definition) is 4. The third-order valence-electron chi connectivity index (χ3n) is 3.93. The fourth-order valence-corrected chi connectivity index (χ4v) is 3.54. The zero-order chi connectivity index (χ0) is 14.3. The molecule has 0 aliphatic carbocycles. The summed E-state index contributed by atoms with van der Waals surface area (Å²) in [5, 5.41) is 4.83. The number of carbonyl (C=O) groups excluding carboxylic acids is 1. The van der Waals surface area contributed by atoms with Crippen molar-refractivity contribution in [3.8, 4) is 0 Å². The summed E-state index contributed by atoms with van der Waals surface area (Å²) in [6.45, 7) is 4.04. The molecule has 1 aromatic heterocycles. The minimum absolute atomic E-state index is 0.0511. The zero-order valence-electron chi connectivity index (χ0n) is 11.6. The molecule has 5 nitrogen and oxygen atoms in total. The van der Waals surface area contributed by atoms with Gasteiger partial charge in [0, 0.05) is 29.1 Å². The predicted octanol–water partition coefficient (Wildman–Crippen LogP) is 3.33. The van der Waals surface area contributed by atoms with Gasteiger partial charge in [0.2, 0.25) is 0 Å². The quantitative estimate of drug-likeness (QED) is 0.840. The highest BCUT2D eigenvalue weighted by Crippen LogP contribution is 2.44. The molecule has 1 saturated heterocycles. The molecule has 0 radical (unpaired) electrons. The lowest BCUT2D eigenvalue weighted by Crippen LogP contribution is -2.44. The van der Waals surface area contributed by atoms with Crippen LogP contribution in [0.25, 0.3) is 5.57 Å². The maximum Gasteiger partial charge on any atom is 0.410 e. The Balaban J connectivity index is 1.96. The maximum atomic E-state index is 12.1. The Morgan fingerprint density at radius 3 is 3.05 bits per heavy atom. The van der Waals surface area contributed by atoms with Gasteiger partial charge in [0.15, 0.2) is 0 Å². The second-order valence-corrected chi connectivity index (χ2v) is 5.65. The molecule has 3 rings (SSSR count). The molecule has 3 heterocycles. The molecule has 108 valence electrons. The minimum Gasteiger partial charge on any atom is -0.450 e. The summed E-state index contributed by atoms with van der Waals surface area (Å²) in [6.07, 6.45) is 2.24. The number of nitrogens with zero attached hydrogens (tertiary/aromatic N) is 2. The van der Waals surface area contributed by atoms with E-state index in [2.05, 4.69) is 5.16 Å². The van der Waals surface area contributed by atoms with Gasteiger partial charge in [-0.15, -0.1) is 0 Å². The number of hydrogen-bond donors (Lipinski definition) is 0. The Morgan fingerprint density at radius 2 is 2.40 bits per heavy atom. The molecule has 1 aromatic rings. The van der Waals surface area contributed by atoms with E-state index in [0.29, 0.717) is 13.0 Å². The monoisotopic (exact) mass is 296 g/mol. The van der Waals surface area contributed by atoms with Gasteiger partial charge in [-0.3, -0.25) is 4.90 Å². The van der Waals surface area contributed by atoms with Gasteiger partial charge in [-0.1, -0.05) is 16.8 Å². The van der Waals surface area contributed by atoms with Gasteiger partial charge in [-0.2, -0.15) is 0 Å². The summed E-state index contributed by atoms with van der Waals surface area (Å²) in [4.78, 5) is 14.0. The van der Waals surface area contributed by atoms with Gasteiger partial charge in [0.05, 0.1) is 12.6 Å². The number of halogens is 1. The third kappa shape index (κ3) is 2.10. The van der Waals surface area contributed by atoms with Crippen molar-refractivity contribution in [3.63, 3.8) is 0 Å². The number of aromatic nitrogens is 1. The summed E-state index contributed by atoms with van der Waals surface area (Å²) in [7, 11) is 0. The largest absolute Gasteiger partial charge is 0.450 e. The van der Waals surface area contributed by atoms with Gasteiger partial charge in [0.25, 0.3) is 0 Å². The summed E-state index contributed by atoms with van der Waals surface area (Å²) in [6, 6.07) is 1.95. The van der Waals surface area contributed by atoms with Crippen LogP contribution in [0.1, 0.15) is 37.6 Å². The number of fused-ring (bicyclic) bond motifs is 2. The van der Waals surface area contributed by atoms with E-state index in [1.807, 2.05) is 24.8 Å². The van der Waals surface area contributed by atoms with Crippen molar-refractivity contribution in [3.05, 3.63) is 22.6 Å². The Morgan fingerprint density at radius 1 is 1.60 bits per heavy atom. The number of rotatable bonds is 2. The van der Waals surface area contributed by atoms with Crippen LogP contribution in [0, 0.1) is 6.92 Å². The molecular weight excluding hydrogens is 280 g/mol. The first-order chi connectivity index (χ1) is 9.61. The van der Waals surface area contributed by atoms with Gasteiger partial charge >= 0.3 is 6.09 Å². The number of ether oxygens (including phenoxy) is 1. The Bertz CT molecular complexity index is 567. The van der Waals surface area contributed by atoms with Crippen molar-refractivity contribution >= 4 is 23.3 Å². The highest BCUT2D eigenvalue weighted by atomic mass is 35.5. The van der Waals surface area contributed by atoms with Crippen molar-refractivity contribution in [1.29, 1.82) is 0 Å². The summed E-state index contributed by atoms with van der Waals surface area (Å²) in [5.41, 5.74) is 1.64. The van der Waals surface area contributed by atoms with Crippen molar-refractivity contribution in [1.82, 2.24) is 10.1 Å². The van der Waals surface area contributed by atoms with Crippen LogP contribution in [0.5, 0.6) is 0 Å². The molecule has 2 unspecified atom stereocenters. The topological polar surface area (TPSA) is 55.6 Å². The second kappa shape index (κ2) is 5.13. The molecule has 2 aliphatic rings. The fourth-order valence-electron chi connectivity index (χ4n) is 3.14. The lowest BCUT2D eigenvalue weighted by atomic mass is 9.98. The average molecular weight is 297 g/mol. The van der Waals surface area contributed by atoms with Gasteiger partial charge in [-0.05, 0) is 26.7 Å². The first-order valence-corrected chi connectivity index (χ1v) is 7.27.